The van der Waals surface area contributed by atoms with Gasteiger partial charge in [-0.15, -0.1) is 0 Å². The summed E-state index contributed by atoms with van der Waals surface area (Å²) in [4.78, 5) is 12.1. The number of amides is 1. The highest BCUT2D eigenvalue weighted by Gasteiger charge is 2.13. The Balaban J connectivity index is 1.26. The molecule has 0 unspecified atom stereocenters. The molecule has 0 radical (unpaired) electrons. The molecule has 1 heterocycles. The van der Waals surface area contributed by atoms with E-state index in [-0.39, 0.29) is 12.3 Å². The minimum atomic E-state index is -0.215. The van der Waals surface area contributed by atoms with Crippen molar-refractivity contribution in [1.29, 1.82) is 0 Å². The van der Waals surface area contributed by atoms with Gasteiger partial charge in [0.25, 0.3) is 0 Å². The summed E-state index contributed by atoms with van der Waals surface area (Å²) in [5, 5.41) is 4.70. The van der Waals surface area contributed by atoms with Crippen LogP contribution in [-0.2, 0) is 17.8 Å². The molecule has 0 spiro atoms. The second-order valence-corrected chi connectivity index (χ2v) is 7.30. The fourth-order valence-electron chi connectivity index (χ4n) is 3.03. The van der Waals surface area contributed by atoms with E-state index >= 15 is 0 Å². The predicted molar refractivity (Wildman–Crippen MR) is 119 cm³/mol. The number of hydrogen-bond donors (Lipinski definition) is 1. The molecule has 4 rings (SSSR count). The van der Waals surface area contributed by atoms with E-state index in [0.29, 0.717) is 36.3 Å². The largest absolute Gasteiger partial charge is 0.489 e. The second-order valence-electron chi connectivity index (χ2n) is 6.90. The molecule has 3 aromatic carbocycles. The van der Waals surface area contributed by atoms with Crippen LogP contribution in [0.2, 0.25) is 5.02 Å². The number of nitrogens with zero attached hydrogens (tertiary/aromatic N) is 1. The number of carbonyl (C=O) groups is 1. The molecule has 1 amide bonds. The Morgan fingerprint density at radius 1 is 1.03 bits per heavy atom. The Bertz CT molecular complexity index is 1080. The Morgan fingerprint density at radius 3 is 2.61 bits per heavy atom. The monoisotopic (exact) mass is 436 g/mol. The molecule has 0 saturated carbocycles. The second kappa shape index (κ2) is 10.00. The first-order valence-corrected chi connectivity index (χ1v) is 10.2. The maximum absolute atomic E-state index is 12.1. The summed E-state index contributed by atoms with van der Waals surface area (Å²) < 4.78 is 16.8. The van der Waals surface area contributed by atoms with Crippen molar-refractivity contribution in [3.63, 3.8) is 0 Å². The Kier molecular flexibility index (Phi) is 6.69. The van der Waals surface area contributed by atoms with Crippen molar-refractivity contribution >= 4 is 23.7 Å². The van der Waals surface area contributed by atoms with Gasteiger partial charge in [-0.05, 0) is 53.6 Å². The van der Waals surface area contributed by atoms with Gasteiger partial charge in [0.15, 0.2) is 11.5 Å². The van der Waals surface area contributed by atoms with E-state index in [1.165, 1.54) is 0 Å². The van der Waals surface area contributed by atoms with E-state index < -0.39 is 0 Å². The molecule has 0 aliphatic carbocycles. The number of rotatable bonds is 7. The zero-order chi connectivity index (χ0) is 21.5. The van der Waals surface area contributed by atoms with Gasteiger partial charge in [-0.2, -0.15) is 5.10 Å². The molecule has 6 nitrogen and oxygen atoms in total. The third kappa shape index (κ3) is 5.77. The summed E-state index contributed by atoms with van der Waals surface area (Å²) in [7, 11) is 0. The maximum Gasteiger partial charge on any atom is 0.244 e. The van der Waals surface area contributed by atoms with Crippen molar-refractivity contribution in [2.45, 2.75) is 13.0 Å². The van der Waals surface area contributed by atoms with Crippen LogP contribution in [0.5, 0.6) is 17.2 Å². The summed E-state index contributed by atoms with van der Waals surface area (Å²) in [6.45, 7) is 1.44. The summed E-state index contributed by atoms with van der Waals surface area (Å²) in [5.74, 6) is 1.87. The summed E-state index contributed by atoms with van der Waals surface area (Å²) >= 11 is 6.14. The molecule has 0 atom stereocenters. The SMILES string of the molecule is O=C(Cc1ccc2c(c1)OCCO2)N/N=C/c1ccc(OCc2ccccc2Cl)cc1. The quantitative estimate of drug-likeness (QED) is 0.440. The van der Waals surface area contributed by atoms with Crippen LogP contribution in [0.3, 0.4) is 0 Å². The lowest BCUT2D eigenvalue weighted by Gasteiger charge is -2.18. The molecule has 1 aliphatic heterocycles. The third-order valence-electron chi connectivity index (χ3n) is 4.61. The fourth-order valence-corrected chi connectivity index (χ4v) is 3.22. The zero-order valence-electron chi connectivity index (χ0n) is 16.7. The lowest BCUT2D eigenvalue weighted by Crippen LogP contribution is -2.20. The maximum atomic E-state index is 12.1. The van der Waals surface area contributed by atoms with Crippen LogP contribution >= 0.6 is 11.6 Å². The molecule has 3 aromatic rings. The molecule has 7 heteroatoms. The van der Waals surface area contributed by atoms with Crippen molar-refractivity contribution < 1.29 is 19.0 Å². The molecule has 0 aromatic heterocycles. The van der Waals surface area contributed by atoms with Crippen LogP contribution in [0.1, 0.15) is 16.7 Å². The van der Waals surface area contributed by atoms with E-state index in [1.807, 2.05) is 66.7 Å². The number of fused-ring (bicyclic) bond motifs is 1. The summed E-state index contributed by atoms with van der Waals surface area (Å²) in [5.41, 5.74) is 5.13. The number of hydrazone groups is 1. The number of ether oxygens (including phenoxy) is 3. The van der Waals surface area contributed by atoms with Crippen molar-refractivity contribution in [3.8, 4) is 17.2 Å². The average molecular weight is 437 g/mol. The molecule has 31 heavy (non-hydrogen) atoms. The van der Waals surface area contributed by atoms with E-state index in [9.17, 15) is 4.79 Å². The van der Waals surface area contributed by atoms with Crippen molar-refractivity contribution in [2.24, 2.45) is 5.10 Å². The minimum absolute atomic E-state index is 0.197. The topological polar surface area (TPSA) is 69.2 Å². The Morgan fingerprint density at radius 2 is 1.81 bits per heavy atom. The van der Waals surface area contributed by atoms with E-state index in [0.717, 1.165) is 22.4 Å². The predicted octanol–water partition coefficient (Wildman–Crippen LogP) is 4.38. The first kappa shape index (κ1) is 20.8. The van der Waals surface area contributed by atoms with Gasteiger partial charge in [0.1, 0.15) is 25.6 Å². The molecule has 0 bridgehead atoms. The van der Waals surface area contributed by atoms with Crippen LogP contribution in [0.15, 0.2) is 71.8 Å². The molecular weight excluding hydrogens is 416 g/mol. The lowest BCUT2D eigenvalue weighted by molar-refractivity contribution is -0.120. The summed E-state index contributed by atoms with van der Waals surface area (Å²) in [6, 6.07) is 20.5. The van der Waals surface area contributed by atoms with E-state index in [2.05, 4.69) is 10.5 Å². The van der Waals surface area contributed by atoms with Crippen LogP contribution in [0, 0.1) is 0 Å². The van der Waals surface area contributed by atoms with Crippen LogP contribution < -0.4 is 19.6 Å². The smallest absolute Gasteiger partial charge is 0.244 e. The number of hydrogen-bond acceptors (Lipinski definition) is 5. The van der Waals surface area contributed by atoms with Gasteiger partial charge in [0.05, 0.1) is 12.6 Å². The standard InChI is InChI=1S/C24H21ClN2O4/c25-21-4-2-1-3-19(21)16-31-20-8-5-17(6-9-20)15-26-27-24(28)14-18-7-10-22-23(13-18)30-12-11-29-22/h1-10,13,15H,11-12,14,16H2,(H,27,28)/b26-15+. The van der Waals surface area contributed by atoms with Crippen molar-refractivity contribution in [2.75, 3.05) is 13.2 Å². The molecular formula is C24H21ClN2O4. The molecule has 0 fully saturated rings. The van der Waals surface area contributed by atoms with Crippen LogP contribution in [0.4, 0.5) is 0 Å². The number of benzene rings is 3. The van der Waals surface area contributed by atoms with Gasteiger partial charge in [0, 0.05) is 10.6 Å². The molecule has 158 valence electrons. The molecule has 0 saturated heterocycles. The van der Waals surface area contributed by atoms with Crippen molar-refractivity contribution in [3.05, 3.63) is 88.4 Å². The normalized spacial score (nSPS) is 12.5. The highest BCUT2D eigenvalue weighted by atomic mass is 35.5. The highest BCUT2D eigenvalue weighted by molar-refractivity contribution is 6.31. The molecule has 1 N–H and O–H groups in total. The molecule has 1 aliphatic rings. The number of nitrogens with one attached hydrogen (secondary N) is 1. The van der Waals surface area contributed by atoms with Crippen LogP contribution in [-0.4, -0.2) is 25.3 Å². The first-order chi connectivity index (χ1) is 15.2. The van der Waals surface area contributed by atoms with Crippen LogP contribution in [0.25, 0.3) is 0 Å². The van der Waals surface area contributed by atoms with E-state index in [1.54, 1.807) is 6.21 Å². The zero-order valence-corrected chi connectivity index (χ0v) is 17.5. The van der Waals surface area contributed by atoms with Crippen molar-refractivity contribution in [1.82, 2.24) is 5.43 Å². The number of halogens is 1. The van der Waals surface area contributed by atoms with Gasteiger partial charge in [-0.1, -0.05) is 35.9 Å². The van der Waals surface area contributed by atoms with Gasteiger partial charge >= 0.3 is 0 Å². The Labute approximate surface area is 185 Å². The van der Waals surface area contributed by atoms with E-state index in [4.69, 9.17) is 25.8 Å². The minimum Gasteiger partial charge on any atom is -0.489 e. The third-order valence-corrected chi connectivity index (χ3v) is 4.98. The average Bonchev–Trinajstić information content (AvgIpc) is 2.79. The summed E-state index contributed by atoms with van der Waals surface area (Å²) in [6.07, 6.45) is 1.78. The first-order valence-electron chi connectivity index (χ1n) is 9.84. The van der Waals surface area contributed by atoms with Gasteiger partial charge < -0.3 is 14.2 Å². The van der Waals surface area contributed by atoms with Gasteiger partial charge in [0.2, 0.25) is 5.91 Å². The van der Waals surface area contributed by atoms with Gasteiger partial charge in [-0.3, -0.25) is 4.79 Å². The fraction of sp³-hybridized carbons (Fsp3) is 0.167. The Hall–Kier alpha value is -3.51. The van der Waals surface area contributed by atoms with Gasteiger partial charge in [-0.25, -0.2) is 5.43 Å². The highest BCUT2D eigenvalue weighted by Crippen LogP contribution is 2.30. The lowest BCUT2D eigenvalue weighted by atomic mass is 10.1. The number of carbonyl (C=O) groups excluding carboxylic acids is 1.